The van der Waals surface area contributed by atoms with Gasteiger partial charge >= 0.3 is 6.18 Å². The number of likely N-dealkylation sites (tertiary alicyclic amines) is 1. The number of nitrogens with zero attached hydrogens (tertiary/aromatic N) is 3. The van der Waals surface area contributed by atoms with Crippen molar-refractivity contribution < 1.29 is 27.1 Å². The van der Waals surface area contributed by atoms with Crippen LogP contribution in [0.25, 0.3) is 11.3 Å². The van der Waals surface area contributed by atoms with Crippen LogP contribution < -0.4 is 4.74 Å². The van der Waals surface area contributed by atoms with Gasteiger partial charge in [0.25, 0.3) is 5.91 Å². The van der Waals surface area contributed by atoms with Crippen molar-refractivity contribution in [3.05, 3.63) is 63.9 Å². The maximum Gasteiger partial charge on any atom is 0.417 e. The van der Waals surface area contributed by atoms with Gasteiger partial charge in [0.05, 0.1) is 22.3 Å². The van der Waals surface area contributed by atoms with Gasteiger partial charge in [-0.2, -0.15) is 13.2 Å². The van der Waals surface area contributed by atoms with E-state index in [9.17, 15) is 22.4 Å². The lowest BCUT2D eigenvalue weighted by molar-refractivity contribution is -0.137. The second-order valence-electron chi connectivity index (χ2n) is 8.30. The molecular formula is C24H23F4N3O2S. The highest BCUT2D eigenvalue weighted by Gasteiger charge is 2.35. The summed E-state index contributed by atoms with van der Waals surface area (Å²) >= 11 is 1.28. The summed E-state index contributed by atoms with van der Waals surface area (Å²) in [7, 11) is 0. The minimum atomic E-state index is -4.47. The van der Waals surface area contributed by atoms with Crippen LogP contribution in [-0.4, -0.2) is 40.0 Å². The summed E-state index contributed by atoms with van der Waals surface area (Å²) in [4.78, 5) is 24.1. The largest absolute Gasteiger partial charge is 0.475 e. The Kier molecular flexibility index (Phi) is 6.88. The first-order chi connectivity index (χ1) is 16.1. The summed E-state index contributed by atoms with van der Waals surface area (Å²) in [5.41, 5.74) is 0.312. The minimum absolute atomic E-state index is 0.0683. The van der Waals surface area contributed by atoms with E-state index in [1.165, 1.54) is 29.5 Å². The molecule has 0 bridgehead atoms. The monoisotopic (exact) mass is 493 g/mol. The Labute approximate surface area is 198 Å². The second-order valence-corrected chi connectivity index (χ2v) is 9.50. The number of ether oxygens (including phenoxy) is 1. The number of piperidine rings is 1. The predicted octanol–water partition coefficient (Wildman–Crippen LogP) is 5.99. The molecule has 1 amide bonds. The fraction of sp³-hybridized carbons (Fsp3) is 0.375. The zero-order chi connectivity index (χ0) is 24.5. The third kappa shape index (κ3) is 5.22. The average molecular weight is 494 g/mol. The molecule has 1 aliphatic heterocycles. The normalized spacial score (nSPS) is 18.7. The molecule has 1 saturated heterocycles. The number of alkyl halides is 3. The summed E-state index contributed by atoms with van der Waals surface area (Å²) in [6.45, 7) is 4.46. The molecule has 2 atom stereocenters. The van der Waals surface area contributed by atoms with Gasteiger partial charge < -0.3 is 9.64 Å². The summed E-state index contributed by atoms with van der Waals surface area (Å²) in [6, 6.07) is 7.66. The van der Waals surface area contributed by atoms with Crippen LogP contribution in [0.1, 0.15) is 40.0 Å². The topological polar surface area (TPSA) is 55.3 Å². The Morgan fingerprint density at radius 2 is 1.94 bits per heavy atom. The molecule has 1 aromatic carbocycles. The van der Waals surface area contributed by atoms with E-state index in [-0.39, 0.29) is 36.2 Å². The van der Waals surface area contributed by atoms with Gasteiger partial charge in [0.2, 0.25) is 5.88 Å². The van der Waals surface area contributed by atoms with Crippen molar-refractivity contribution in [1.82, 2.24) is 14.9 Å². The zero-order valence-corrected chi connectivity index (χ0v) is 19.4. The van der Waals surface area contributed by atoms with Crippen LogP contribution in [0.2, 0.25) is 0 Å². The van der Waals surface area contributed by atoms with Crippen molar-refractivity contribution in [1.29, 1.82) is 0 Å². The van der Waals surface area contributed by atoms with Crippen LogP contribution in [0, 0.1) is 18.7 Å². The van der Waals surface area contributed by atoms with Crippen LogP contribution in [0.5, 0.6) is 5.88 Å². The van der Waals surface area contributed by atoms with Crippen molar-refractivity contribution in [3.63, 3.8) is 0 Å². The maximum atomic E-state index is 13.6. The smallest absolute Gasteiger partial charge is 0.417 e. The lowest BCUT2D eigenvalue weighted by Gasteiger charge is -2.39. The van der Waals surface area contributed by atoms with Gasteiger partial charge in [-0.3, -0.25) is 4.79 Å². The van der Waals surface area contributed by atoms with Crippen molar-refractivity contribution in [2.75, 3.05) is 13.2 Å². The number of amides is 1. The number of carbonyl (C=O) groups excluding carboxylic acids is 1. The molecule has 0 N–H and O–H groups in total. The van der Waals surface area contributed by atoms with Gasteiger partial charge in [-0.15, -0.1) is 11.3 Å². The lowest BCUT2D eigenvalue weighted by Crippen LogP contribution is -2.50. The van der Waals surface area contributed by atoms with Crippen LogP contribution in [-0.2, 0) is 6.18 Å². The maximum absolute atomic E-state index is 13.6. The van der Waals surface area contributed by atoms with Crippen molar-refractivity contribution >= 4 is 17.2 Å². The molecule has 0 spiro atoms. The highest BCUT2D eigenvalue weighted by Crippen LogP contribution is 2.33. The van der Waals surface area contributed by atoms with Gasteiger partial charge in [0.1, 0.15) is 17.3 Å². The Balaban J connectivity index is 1.54. The molecule has 180 valence electrons. The fourth-order valence-corrected chi connectivity index (χ4v) is 4.96. The highest BCUT2D eigenvalue weighted by atomic mass is 32.1. The summed E-state index contributed by atoms with van der Waals surface area (Å²) < 4.78 is 57.4. The van der Waals surface area contributed by atoms with Crippen molar-refractivity contribution in [3.8, 4) is 17.1 Å². The molecular weight excluding hydrogens is 470 g/mol. The number of hydrogen-bond donors (Lipinski definition) is 0. The average Bonchev–Trinajstić information content (AvgIpc) is 3.19. The molecule has 1 aliphatic rings. The predicted molar refractivity (Wildman–Crippen MR) is 120 cm³/mol. The highest BCUT2D eigenvalue weighted by molar-refractivity contribution is 7.14. The minimum Gasteiger partial charge on any atom is -0.475 e. The summed E-state index contributed by atoms with van der Waals surface area (Å²) in [6.07, 6.45) is -2.02. The molecule has 2 aromatic heterocycles. The molecule has 0 radical (unpaired) electrons. The number of aryl methyl sites for hydroxylation is 1. The molecule has 3 heterocycles. The first kappa shape index (κ1) is 24.1. The van der Waals surface area contributed by atoms with Crippen LogP contribution in [0.15, 0.2) is 42.6 Å². The molecule has 1 fully saturated rings. The number of hydrogen-bond acceptors (Lipinski definition) is 5. The van der Waals surface area contributed by atoms with E-state index >= 15 is 0 Å². The lowest BCUT2D eigenvalue weighted by atomic mass is 9.91. The zero-order valence-electron chi connectivity index (χ0n) is 18.6. The van der Waals surface area contributed by atoms with Crippen molar-refractivity contribution in [2.24, 2.45) is 5.92 Å². The van der Waals surface area contributed by atoms with Gasteiger partial charge in [-0.25, -0.2) is 14.4 Å². The van der Waals surface area contributed by atoms with Crippen LogP contribution in [0.3, 0.4) is 0 Å². The molecule has 3 aromatic rings. The van der Waals surface area contributed by atoms with E-state index in [1.54, 1.807) is 17.0 Å². The fourth-order valence-electron chi connectivity index (χ4n) is 4.07. The summed E-state index contributed by atoms with van der Waals surface area (Å²) in [5, 5.41) is 0.717. The molecule has 5 nitrogen and oxygen atoms in total. The van der Waals surface area contributed by atoms with E-state index in [2.05, 4.69) is 9.97 Å². The second kappa shape index (κ2) is 9.69. The first-order valence-corrected chi connectivity index (χ1v) is 11.7. The molecule has 34 heavy (non-hydrogen) atoms. The Morgan fingerprint density at radius 3 is 2.59 bits per heavy atom. The van der Waals surface area contributed by atoms with E-state index < -0.39 is 11.7 Å². The van der Waals surface area contributed by atoms with E-state index in [4.69, 9.17) is 4.74 Å². The van der Waals surface area contributed by atoms with Gasteiger partial charge in [-0.1, -0.05) is 6.92 Å². The number of thiazole rings is 1. The van der Waals surface area contributed by atoms with E-state index in [1.807, 2.05) is 13.8 Å². The van der Waals surface area contributed by atoms with Gasteiger partial charge in [0, 0.05) is 24.4 Å². The van der Waals surface area contributed by atoms with Crippen LogP contribution in [0.4, 0.5) is 17.6 Å². The summed E-state index contributed by atoms with van der Waals surface area (Å²) in [5.74, 6) is -0.373. The first-order valence-electron chi connectivity index (χ1n) is 10.8. The van der Waals surface area contributed by atoms with Crippen molar-refractivity contribution in [2.45, 2.75) is 38.9 Å². The van der Waals surface area contributed by atoms with E-state index in [0.29, 0.717) is 22.7 Å². The molecule has 0 aliphatic carbocycles. The number of benzene rings is 1. The Hall–Kier alpha value is -3.01. The number of aromatic nitrogens is 2. The number of rotatable bonds is 5. The third-order valence-corrected chi connectivity index (χ3v) is 6.85. The Bertz CT molecular complexity index is 1150. The third-order valence-electron chi connectivity index (χ3n) is 5.89. The SMILES string of the molecule is Cc1nc(-c2ccc(F)cc2)c(C(=O)N2CCC[C@@H](C)[C@H]2COc2ccc(C(F)(F)F)cn2)s1. The standard InChI is InChI=1S/C24H23F4N3O2S/c1-14-4-3-11-31(19(14)13-33-20-10-7-17(12-29-20)24(26,27)28)23(32)22-21(30-15(2)34-22)16-5-8-18(25)9-6-16/h5-10,12,14,19H,3-4,11,13H2,1-2H3/t14-,19-/m1/s1. The molecule has 0 saturated carbocycles. The van der Waals surface area contributed by atoms with Gasteiger partial charge in [0.15, 0.2) is 0 Å². The van der Waals surface area contributed by atoms with Crippen LogP contribution >= 0.6 is 11.3 Å². The Morgan fingerprint density at radius 1 is 1.21 bits per heavy atom. The van der Waals surface area contributed by atoms with Gasteiger partial charge in [-0.05, 0) is 56.0 Å². The van der Waals surface area contributed by atoms with E-state index in [0.717, 1.165) is 30.1 Å². The molecule has 4 rings (SSSR count). The quantitative estimate of drug-likeness (QED) is 0.410. The number of carbonyl (C=O) groups is 1. The number of halogens is 4. The molecule has 0 unspecified atom stereocenters. The molecule has 10 heteroatoms. The number of pyridine rings is 1.